The SMILES string of the molecule is Cc1cc(F)ccc1[C@H]1CN(C2CN(S(C)(=O)=O)C2)CC[C@@H]1C(=O)N(C)[C@@H](C)c1cc(C(F)(F)F)cc(C(F)(F)F)c1. The number of hydrogen-bond donors (Lipinski definition) is 0. The minimum atomic E-state index is -5.02. The first-order valence-corrected chi connectivity index (χ1v) is 15.1. The number of aryl methyl sites for hydroxylation is 1. The number of halogens is 7. The van der Waals surface area contributed by atoms with Crippen molar-refractivity contribution in [2.45, 2.75) is 50.6 Å². The van der Waals surface area contributed by atoms with Crippen molar-refractivity contribution < 1.29 is 43.9 Å². The summed E-state index contributed by atoms with van der Waals surface area (Å²) in [4.78, 5) is 17.1. The number of rotatable bonds is 6. The standard InChI is InChI=1S/C28H32F7N3O3S/c1-16-9-21(29)5-6-23(16)25-15-37(22-13-38(14-22)42(4,40)41)8-7-24(25)26(39)36(3)17(2)18-10-19(27(30,31)32)12-20(11-18)28(33,34)35/h5-6,9-12,17,22,24-25H,7-8,13-15H2,1-4H3/t17-,24-,25+/m0/s1. The fraction of sp³-hybridized carbons (Fsp3) is 0.536. The highest BCUT2D eigenvalue weighted by Gasteiger charge is 2.44. The Balaban J connectivity index is 1.63. The molecule has 2 heterocycles. The zero-order valence-electron chi connectivity index (χ0n) is 23.4. The first kappa shape index (κ1) is 32.2. The average molecular weight is 624 g/mol. The number of alkyl halides is 6. The van der Waals surface area contributed by atoms with Gasteiger partial charge in [-0.05, 0) is 73.8 Å². The lowest BCUT2D eigenvalue weighted by Crippen LogP contribution is -2.63. The van der Waals surface area contributed by atoms with E-state index in [0.29, 0.717) is 55.9 Å². The van der Waals surface area contributed by atoms with Crippen LogP contribution in [0.1, 0.15) is 53.1 Å². The topological polar surface area (TPSA) is 60.9 Å². The smallest absolute Gasteiger partial charge is 0.339 e. The van der Waals surface area contributed by atoms with E-state index in [2.05, 4.69) is 4.90 Å². The van der Waals surface area contributed by atoms with Gasteiger partial charge in [-0.3, -0.25) is 9.69 Å². The number of carbonyl (C=O) groups is 1. The molecule has 0 unspecified atom stereocenters. The summed E-state index contributed by atoms with van der Waals surface area (Å²) in [5, 5.41) is 0. The number of sulfonamides is 1. The highest BCUT2D eigenvalue weighted by atomic mass is 32.2. The number of hydrogen-bond acceptors (Lipinski definition) is 4. The van der Waals surface area contributed by atoms with Gasteiger partial charge in [0.2, 0.25) is 15.9 Å². The van der Waals surface area contributed by atoms with Crippen LogP contribution >= 0.6 is 0 Å². The molecule has 4 rings (SSSR count). The molecule has 232 valence electrons. The normalized spacial score (nSPS) is 22.1. The second-order valence-electron chi connectivity index (χ2n) is 11.2. The molecule has 2 fully saturated rings. The summed E-state index contributed by atoms with van der Waals surface area (Å²) >= 11 is 0. The summed E-state index contributed by atoms with van der Waals surface area (Å²) in [7, 11) is -2.00. The van der Waals surface area contributed by atoms with Gasteiger partial charge in [0, 0.05) is 44.6 Å². The molecule has 2 aromatic rings. The Bertz CT molecular complexity index is 1410. The second kappa shape index (κ2) is 11.4. The summed E-state index contributed by atoms with van der Waals surface area (Å²) in [6.07, 6.45) is -8.61. The van der Waals surface area contributed by atoms with Gasteiger partial charge in [-0.1, -0.05) is 6.07 Å². The van der Waals surface area contributed by atoms with Gasteiger partial charge in [-0.15, -0.1) is 0 Å². The van der Waals surface area contributed by atoms with Crippen LogP contribution in [0, 0.1) is 18.7 Å². The fourth-order valence-corrected chi connectivity index (χ4v) is 6.68. The Morgan fingerprint density at radius 2 is 1.55 bits per heavy atom. The van der Waals surface area contributed by atoms with Crippen molar-refractivity contribution in [2.24, 2.45) is 5.92 Å². The van der Waals surface area contributed by atoms with Crippen molar-refractivity contribution in [1.82, 2.24) is 14.1 Å². The maximum absolute atomic E-state index is 13.9. The molecule has 3 atom stereocenters. The Hall–Kier alpha value is -2.71. The molecular formula is C28H32F7N3O3S. The third kappa shape index (κ3) is 6.75. The number of amides is 1. The molecule has 42 heavy (non-hydrogen) atoms. The quantitative estimate of drug-likeness (QED) is 0.403. The molecule has 2 aliphatic rings. The maximum Gasteiger partial charge on any atom is 0.416 e. The molecule has 0 N–H and O–H groups in total. The van der Waals surface area contributed by atoms with E-state index in [1.807, 2.05) is 0 Å². The summed E-state index contributed by atoms with van der Waals surface area (Å²) in [6.45, 7) is 4.42. The maximum atomic E-state index is 13.9. The first-order valence-electron chi connectivity index (χ1n) is 13.3. The zero-order valence-corrected chi connectivity index (χ0v) is 24.2. The summed E-state index contributed by atoms with van der Waals surface area (Å²) in [5.41, 5.74) is -1.95. The molecule has 0 bridgehead atoms. The van der Waals surface area contributed by atoms with Crippen LogP contribution in [0.3, 0.4) is 0 Å². The molecule has 0 saturated carbocycles. The number of piperidine rings is 1. The molecule has 6 nitrogen and oxygen atoms in total. The van der Waals surface area contributed by atoms with Gasteiger partial charge in [0.25, 0.3) is 0 Å². The second-order valence-corrected chi connectivity index (χ2v) is 13.2. The molecule has 1 amide bonds. The van der Waals surface area contributed by atoms with Crippen molar-refractivity contribution in [3.63, 3.8) is 0 Å². The summed E-state index contributed by atoms with van der Waals surface area (Å²) in [5.74, 6) is -2.10. The van der Waals surface area contributed by atoms with Crippen LogP contribution in [0.4, 0.5) is 30.7 Å². The van der Waals surface area contributed by atoms with Crippen molar-refractivity contribution in [3.05, 3.63) is 70.0 Å². The Morgan fingerprint density at radius 1 is 0.976 bits per heavy atom. The van der Waals surface area contributed by atoms with Gasteiger partial charge in [0.15, 0.2) is 0 Å². The van der Waals surface area contributed by atoms with Gasteiger partial charge in [0.1, 0.15) is 5.82 Å². The van der Waals surface area contributed by atoms with E-state index in [9.17, 15) is 43.9 Å². The minimum Gasteiger partial charge on any atom is -0.339 e. The van der Waals surface area contributed by atoms with Crippen LogP contribution in [0.2, 0.25) is 0 Å². The van der Waals surface area contributed by atoms with E-state index >= 15 is 0 Å². The van der Waals surface area contributed by atoms with Gasteiger partial charge >= 0.3 is 12.4 Å². The molecular weight excluding hydrogens is 591 g/mol. The third-order valence-electron chi connectivity index (χ3n) is 8.43. The summed E-state index contributed by atoms with van der Waals surface area (Å²) < 4.78 is 120. The number of nitrogens with zero attached hydrogens (tertiary/aromatic N) is 3. The molecule has 2 aliphatic heterocycles. The monoisotopic (exact) mass is 623 g/mol. The van der Waals surface area contributed by atoms with Gasteiger partial charge in [0.05, 0.1) is 23.4 Å². The fourth-order valence-electron chi connectivity index (χ4n) is 5.79. The Kier molecular flexibility index (Phi) is 8.76. The van der Waals surface area contributed by atoms with Crippen LogP contribution in [0.25, 0.3) is 0 Å². The van der Waals surface area contributed by atoms with Crippen LogP contribution < -0.4 is 0 Å². The van der Waals surface area contributed by atoms with Crippen molar-refractivity contribution in [3.8, 4) is 0 Å². The predicted octanol–water partition coefficient (Wildman–Crippen LogP) is 5.44. The van der Waals surface area contributed by atoms with Crippen LogP contribution in [-0.4, -0.2) is 74.0 Å². The Labute approximate surface area is 240 Å². The molecule has 14 heteroatoms. The predicted molar refractivity (Wildman–Crippen MR) is 141 cm³/mol. The van der Waals surface area contributed by atoms with E-state index in [1.54, 1.807) is 13.0 Å². The van der Waals surface area contributed by atoms with E-state index in [1.165, 1.54) is 30.4 Å². The van der Waals surface area contributed by atoms with E-state index in [0.717, 1.165) is 11.2 Å². The van der Waals surface area contributed by atoms with Crippen LogP contribution in [0.5, 0.6) is 0 Å². The van der Waals surface area contributed by atoms with Crippen molar-refractivity contribution >= 4 is 15.9 Å². The number of likely N-dealkylation sites (tertiary alicyclic amines) is 1. The lowest BCUT2D eigenvalue weighted by Gasteiger charge is -2.49. The van der Waals surface area contributed by atoms with Gasteiger partial charge in [-0.2, -0.15) is 30.6 Å². The zero-order chi connectivity index (χ0) is 31.4. The van der Waals surface area contributed by atoms with Gasteiger partial charge < -0.3 is 4.90 Å². The van der Waals surface area contributed by atoms with Crippen LogP contribution in [0.15, 0.2) is 36.4 Å². The largest absolute Gasteiger partial charge is 0.416 e. The first-order chi connectivity index (χ1) is 19.3. The highest BCUT2D eigenvalue weighted by molar-refractivity contribution is 7.88. The number of benzene rings is 2. The lowest BCUT2D eigenvalue weighted by atomic mass is 9.77. The molecule has 0 spiro atoms. The molecule has 2 aromatic carbocycles. The molecule has 0 aromatic heterocycles. The van der Waals surface area contributed by atoms with Crippen LogP contribution in [-0.2, 0) is 27.2 Å². The Morgan fingerprint density at radius 3 is 2.05 bits per heavy atom. The minimum absolute atomic E-state index is 0.0481. The highest BCUT2D eigenvalue weighted by Crippen LogP contribution is 2.41. The molecule has 0 radical (unpaired) electrons. The van der Waals surface area contributed by atoms with E-state index < -0.39 is 63.1 Å². The van der Waals surface area contributed by atoms with Gasteiger partial charge in [-0.25, -0.2) is 12.8 Å². The molecule has 0 aliphatic carbocycles. The summed E-state index contributed by atoms with van der Waals surface area (Å²) in [6, 6.07) is 4.27. The average Bonchev–Trinajstić information content (AvgIpc) is 2.84. The number of carbonyl (C=O) groups excluding carboxylic acids is 1. The lowest BCUT2D eigenvalue weighted by molar-refractivity contribution is -0.143. The third-order valence-corrected chi connectivity index (χ3v) is 9.66. The molecule has 2 saturated heterocycles. The van der Waals surface area contributed by atoms with E-state index in [-0.39, 0.29) is 17.7 Å². The van der Waals surface area contributed by atoms with Crippen molar-refractivity contribution in [1.29, 1.82) is 0 Å². The van der Waals surface area contributed by atoms with E-state index in [4.69, 9.17) is 0 Å². The van der Waals surface area contributed by atoms with Crippen molar-refractivity contribution in [2.75, 3.05) is 39.5 Å².